The zero-order chi connectivity index (χ0) is 14.7. The molecule has 1 fully saturated rings. The van der Waals surface area contributed by atoms with Crippen LogP contribution in [0.15, 0.2) is 30.5 Å². The summed E-state index contributed by atoms with van der Waals surface area (Å²) < 4.78 is 2.38. The molecule has 1 aromatic heterocycles. The first-order valence-corrected chi connectivity index (χ1v) is 8.63. The lowest BCUT2D eigenvalue weighted by Crippen LogP contribution is -2.21. The van der Waals surface area contributed by atoms with Gasteiger partial charge in [0.25, 0.3) is 0 Å². The minimum atomic E-state index is 0.529. The van der Waals surface area contributed by atoms with Crippen LogP contribution in [-0.2, 0) is 6.54 Å². The fraction of sp³-hybridized carbons (Fsp3) is 0.579. The Morgan fingerprint density at radius 2 is 1.86 bits per heavy atom. The van der Waals surface area contributed by atoms with Crippen LogP contribution in [0, 0.1) is 5.92 Å². The molecule has 1 aliphatic carbocycles. The quantitative estimate of drug-likeness (QED) is 0.812. The van der Waals surface area contributed by atoms with Crippen molar-refractivity contribution in [2.75, 3.05) is 6.54 Å². The second-order valence-corrected chi connectivity index (χ2v) is 6.48. The van der Waals surface area contributed by atoms with E-state index in [1.54, 1.807) is 0 Å². The van der Waals surface area contributed by atoms with Gasteiger partial charge in [-0.1, -0.05) is 43.9 Å². The van der Waals surface area contributed by atoms with Gasteiger partial charge in [0.05, 0.1) is 0 Å². The van der Waals surface area contributed by atoms with E-state index in [1.165, 1.54) is 55.0 Å². The van der Waals surface area contributed by atoms with Gasteiger partial charge < -0.3 is 10.3 Å². The van der Waals surface area contributed by atoms with Crippen LogP contribution < -0.4 is 5.73 Å². The van der Waals surface area contributed by atoms with Crippen LogP contribution in [-0.4, -0.2) is 11.1 Å². The highest BCUT2D eigenvalue weighted by atomic mass is 14.9. The summed E-state index contributed by atoms with van der Waals surface area (Å²) in [4.78, 5) is 0. The van der Waals surface area contributed by atoms with Gasteiger partial charge in [-0.2, -0.15) is 0 Å². The van der Waals surface area contributed by atoms with E-state index in [2.05, 4.69) is 42.0 Å². The van der Waals surface area contributed by atoms with E-state index in [9.17, 15) is 0 Å². The molecule has 0 aliphatic heterocycles. The smallest absolute Gasteiger partial charge is 0.0483 e. The van der Waals surface area contributed by atoms with Gasteiger partial charge >= 0.3 is 0 Å². The molecule has 0 spiro atoms. The van der Waals surface area contributed by atoms with E-state index in [0.29, 0.717) is 5.92 Å². The number of benzene rings is 1. The lowest BCUT2D eigenvalue weighted by molar-refractivity contribution is 0.381. The predicted octanol–water partition coefficient (Wildman–Crippen LogP) is 4.67. The molecule has 0 amide bonds. The standard InChI is InChI=1S/C19H28N2/c1-2-21-14-18(16-11-7-8-12-19(16)21)17(13-20)15-9-5-3-4-6-10-15/h7-8,11-12,14-15,17H,2-6,9-10,13,20H2,1H3. The Labute approximate surface area is 128 Å². The maximum Gasteiger partial charge on any atom is 0.0483 e. The molecule has 1 atom stereocenters. The molecule has 1 aliphatic rings. The third-order valence-electron chi connectivity index (χ3n) is 5.28. The zero-order valence-electron chi connectivity index (χ0n) is 13.2. The highest BCUT2D eigenvalue weighted by Gasteiger charge is 2.25. The summed E-state index contributed by atoms with van der Waals surface area (Å²) in [5.41, 5.74) is 9.07. The summed E-state index contributed by atoms with van der Waals surface area (Å²) >= 11 is 0. The Balaban J connectivity index is 2.00. The normalized spacial score (nSPS) is 18.8. The molecule has 1 unspecified atom stereocenters. The fourth-order valence-electron chi connectivity index (χ4n) is 4.12. The van der Waals surface area contributed by atoms with E-state index in [-0.39, 0.29) is 0 Å². The average Bonchev–Trinajstić information content (AvgIpc) is 2.70. The third-order valence-corrected chi connectivity index (χ3v) is 5.28. The summed E-state index contributed by atoms with van der Waals surface area (Å²) in [6.45, 7) is 4.03. The van der Waals surface area contributed by atoms with Gasteiger partial charge in [0.15, 0.2) is 0 Å². The number of hydrogen-bond donors (Lipinski definition) is 1. The molecule has 3 rings (SSSR count). The summed E-state index contributed by atoms with van der Waals surface area (Å²) in [5, 5.41) is 1.42. The van der Waals surface area contributed by atoms with Crippen molar-refractivity contribution < 1.29 is 0 Å². The van der Waals surface area contributed by atoms with Crippen molar-refractivity contribution in [3.05, 3.63) is 36.0 Å². The molecule has 2 N–H and O–H groups in total. The number of hydrogen-bond acceptors (Lipinski definition) is 1. The van der Waals surface area contributed by atoms with E-state index in [4.69, 9.17) is 5.73 Å². The van der Waals surface area contributed by atoms with Crippen LogP contribution in [0.2, 0.25) is 0 Å². The first-order chi connectivity index (χ1) is 10.3. The highest BCUT2D eigenvalue weighted by Crippen LogP contribution is 2.38. The van der Waals surface area contributed by atoms with E-state index >= 15 is 0 Å². The van der Waals surface area contributed by atoms with E-state index in [0.717, 1.165) is 19.0 Å². The molecule has 0 radical (unpaired) electrons. The van der Waals surface area contributed by atoms with Gasteiger partial charge in [-0.25, -0.2) is 0 Å². The first-order valence-electron chi connectivity index (χ1n) is 8.63. The van der Waals surface area contributed by atoms with Gasteiger partial charge in [-0.05, 0) is 43.9 Å². The molecule has 1 heterocycles. The lowest BCUT2D eigenvalue weighted by atomic mass is 9.81. The molecule has 21 heavy (non-hydrogen) atoms. The van der Waals surface area contributed by atoms with Crippen LogP contribution in [0.25, 0.3) is 10.9 Å². The van der Waals surface area contributed by atoms with Crippen LogP contribution in [0.4, 0.5) is 0 Å². The van der Waals surface area contributed by atoms with Gasteiger partial charge in [0, 0.05) is 29.6 Å². The topological polar surface area (TPSA) is 30.9 Å². The number of nitrogens with two attached hydrogens (primary N) is 1. The Hall–Kier alpha value is -1.28. The lowest BCUT2D eigenvalue weighted by Gasteiger charge is -2.24. The van der Waals surface area contributed by atoms with Crippen molar-refractivity contribution >= 4 is 10.9 Å². The van der Waals surface area contributed by atoms with Crippen molar-refractivity contribution in [2.24, 2.45) is 11.7 Å². The minimum absolute atomic E-state index is 0.529. The van der Waals surface area contributed by atoms with E-state index in [1.807, 2.05) is 0 Å². The highest BCUT2D eigenvalue weighted by molar-refractivity contribution is 5.84. The summed E-state index contributed by atoms with van der Waals surface area (Å²) in [7, 11) is 0. The van der Waals surface area contributed by atoms with Gasteiger partial charge in [0.2, 0.25) is 0 Å². The van der Waals surface area contributed by atoms with Crippen molar-refractivity contribution in [2.45, 2.75) is 57.9 Å². The summed E-state index contributed by atoms with van der Waals surface area (Å²) in [5.74, 6) is 1.30. The zero-order valence-corrected chi connectivity index (χ0v) is 13.2. The molecule has 2 nitrogen and oxygen atoms in total. The van der Waals surface area contributed by atoms with Crippen molar-refractivity contribution in [3.63, 3.8) is 0 Å². The molecular weight excluding hydrogens is 256 g/mol. The molecule has 2 heteroatoms. The Kier molecular flexibility index (Phi) is 4.64. The Morgan fingerprint density at radius 3 is 2.52 bits per heavy atom. The first kappa shape index (κ1) is 14.6. The number of aryl methyl sites for hydroxylation is 1. The molecular formula is C19H28N2. The Morgan fingerprint density at radius 1 is 1.14 bits per heavy atom. The van der Waals surface area contributed by atoms with Gasteiger partial charge in [-0.15, -0.1) is 0 Å². The van der Waals surface area contributed by atoms with Crippen LogP contribution in [0.1, 0.15) is 56.9 Å². The van der Waals surface area contributed by atoms with Gasteiger partial charge in [-0.3, -0.25) is 0 Å². The van der Waals surface area contributed by atoms with Gasteiger partial charge in [0.1, 0.15) is 0 Å². The number of aromatic nitrogens is 1. The van der Waals surface area contributed by atoms with Crippen molar-refractivity contribution in [1.82, 2.24) is 4.57 Å². The minimum Gasteiger partial charge on any atom is -0.347 e. The third kappa shape index (κ3) is 2.87. The molecule has 0 bridgehead atoms. The van der Waals surface area contributed by atoms with Crippen molar-refractivity contribution in [1.29, 1.82) is 0 Å². The number of para-hydroxylation sites is 1. The second-order valence-electron chi connectivity index (χ2n) is 6.48. The van der Waals surface area contributed by atoms with Crippen molar-refractivity contribution in [3.8, 4) is 0 Å². The molecule has 2 aromatic rings. The van der Waals surface area contributed by atoms with E-state index < -0.39 is 0 Å². The number of rotatable bonds is 4. The second kappa shape index (κ2) is 6.65. The average molecular weight is 284 g/mol. The molecule has 0 saturated heterocycles. The van der Waals surface area contributed by atoms with Crippen LogP contribution >= 0.6 is 0 Å². The molecule has 114 valence electrons. The summed E-state index contributed by atoms with van der Waals surface area (Å²) in [6.07, 6.45) is 10.7. The molecule has 1 saturated carbocycles. The predicted molar refractivity (Wildman–Crippen MR) is 90.6 cm³/mol. The summed E-state index contributed by atoms with van der Waals surface area (Å²) in [6, 6.07) is 8.81. The van der Waals surface area contributed by atoms with Crippen LogP contribution in [0.3, 0.4) is 0 Å². The van der Waals surface area contributed by atoms with Crippen LogP contribution in [0.5, 0.6) is 0 Å². The number of fused-ring (bicyclic) bond motifs is 1. The number of nitrogens with zero attached hydrogens (tertiary/aromatic N) is 1. The SMILES string of the molecule is CCn1cc(C(CN)C2CCCCCC2)c2ccccc21. The largest absolute Gasteiger partial charge is 0.347 e. The molecule has 1 aromatic carbocycles. The fourth-order valence-corrected chi connectivity index (χ4v) is 4.12. The maximum absolute atomic E-state index is 6.22. The monoisotopic (exact) mass is 284 g/mol. The Bertz CT molecular complexity index is 576. The maximum atomic E-state index is 6.22.